The number of carbonyl (C=O) groups excluding carboxylic acids is 1. The highest BCUT2D eigenvalue weighted by Gasteiger charge is 2.31. The molecule has 0 spiro atoms. The van der Waals surface area contributed by atoms with Gasteiger partial charge in [0, 0.05) is 11.3 Å². The average Bonchev–Trinajstić information content (AvgIpc) is 2.48. The Kier molecular flexibility index (Phi) is 3.72. The van der Waals surface area contributed by atoms with Gasteiger partial charge in [-0.1, -0.05) is 36.1 Å². The highest BCUT2D eigenvalue weighted by molar-refractivity contribution is 5.97. The molecule has 1 atom stereocenters. The maximum atomic E-state index is 12.2. The lowest BCUT2D eigenvalue weighted by atomic mass is 9.77. The molecule has 1 amide bonds. The third kappa shape index (κ3) is 2.81. The van der Waals surface area contributed by atoms with E-state index in [1.165, 1.54) is 5.56 Å². The van der Waals surface area contributed by atoms with Gasteiger partial charge in [-0.25, -0.2) is 0 Å². The Morgan fingerprint density at radius 1 is 1.19 bits per heavy atom. The molecule has 0 saturated carbocycles. The monoisotopic (exact) mass is 277 g/mol. The van der Waals surface area contributed by atoms with Crippen LogP contribution in [0.2, 0.25) is 0 Å². The van der Waals surface area contributed by atoms with Crippen molar-refractivity contribution < 1.29 is 9.90 Å². The molecule has 0 aromatic heterocycles. The Hall–Kier alpha value is -2.57. The summed E-state index contributed by atoms with van der Waals surface area (Å²) < 4.78 is 0. The second-order valence-electron chi connectivity index (χ2n) is 4.98. The number of aliphatic hydroxyl groups is 1. The third-order valence-corrected chi connectivity index (χ3v) is 3.64. The van der Waals surface area contributed by atoms with Gasteiger partial charge in [-0.05, 0) is 41.8 Å². The maximum Gasteiger partial charge on any atom is 0.232 e. The zero-order chi connectivity index (χ0) is 14.7. The van der Waals surface area contributed by atoms with E-state index in [1.54, 1.807) is 0 Å². The van der Waals surface area contributed by atoms with Crippen LogP contribution in [-0.2, 0) is 11.2 Å². The van der Waals surface area contributed by atoms with Crippen molar-refractivity contribution in [1.82, 2.24) is 0 Å². The minimum atomic E-state index is -0.153. The first-order chi connectivity index (χ1) is 10.3. The number of nitrogens with one attached hydrogen (secondary N) is 1. The zero-order valence-corrected chi connectivity index (χ0v) is 11.5. The molecule has 3 rings (SSSR count). The molecule has 0 fully saturated rings. The molecule has 2 aromatic carbocycles. The van der Waals surface area contributed by atoms with E-state index in [0.29, 0.717) is 0 Å². The van der Waals surface area contributed by atoms with Gasteiger partial charge in [0.05, 0.1) is 5.92 Å². The number of hydrogen-bond donors (Lipinski definition) is 2. The highest BCUT2D eigenvalue weighted by Crippen LogP contribution is 2.35. The van der Waals surface area contributed by atoms with Crippen LogP contribution in [0.1, 0.15) is 22.6 Å². The number of rotatable bonds is 2. The molecule has 1 aliphatic carbocycles. The molecular formula is C18H15NO2. The van der Waals surface area contributed by atoms with Crippen LogP contribution in [0, 0.1) is 11.8 Å². The highest BCUT2D eigenvalue weighted by atomic mass is 16.2. The van der Waals surface area contributed by atoms with Gasteiger partial charge < -0.3 is 10.4 Å². The molecular weight excluding hydrogens is 262 g/mol. The van der Waals surface area contributed by atoms with Gasteiger partial charge in [0.1, 0.15) is 6.61 Å². The van der Waals surface area contributed by atoms with Gasteiger partial charge >= 0.3 is 0 Å². The van der Waals surface area contributed by atoms with Crippen molar-refractivity contribution in [1.29, 1.82) is 0 Å². The van der Waals surface area contributed by atoms with Gasteiger partial charge in [0.25, 0.3) is 0 Å². The Morgan fingerprint density at radius 2 is 1.95 bits per heavy atom. The van der Waals surface area contributed by atoms with Gasteiger partial charge in [-0.2, -0.15) is 0 Å². The van der Waals surface area contributed by atoms with Gasteiger partial charge in [0.15, 0.2) is 0 Å². The van der Waals surface area contributed by atoms with Crippen molar-refractivity contribution in [3.63, 3.8) is 0 Å². The fraction of sp³-hybridized carbons (Fsp3) is 0.167. The van der Waals surface area contributed by atoms with E-state index in [-0.39, 0.29) is 18.4 Å². The predicted octanol–water partition coefficient (Wildman–Crippen LogP) is 2.31. The third-order valence-electron chi connectivity index (χ3n) is 3.64. The van der Waals surface area contributed by atoms with E-state index in [2.05, 4.69) is 23.2 Å². The van der Waals surface area contributed by atoms with Crippen molar-refractivity contribution in [2.75, 3.05) is 11.9 Å². The minimum Gasteiger partial charge on any atom is -0.384 e. The van der Waals surface area contributed by atoms with Crippen LogP contribution in [0.3, 0.4) is 0 Å². The van der Waals surface area contributed by atoms with Crippen LogP contribution in [0.5, 0.6) is 0 Å². The van der Waals surface area contributed by atoms with E-state index in [4.69, 9.17) is 5.11 Å². The quantitative estimate of drug-likeness (QED) is 0.828. The van der Waals surface area contributed by atoms with Crippen LogP contribution in [-0.4, -0.2) is 17.6 Å². The number of hydrogen-bond acceptors (Lipinski definition) is 2. The van der Waals surface area contributed by atoms with Crippen LogP contribution >= 0.6 is 0 Å². The molecule has 2 N–H and O–H groups in total. The molecule has 3 heteroatoms. The second kappa shape index (κ2) is 5.82. The predicted molar refractivity (Wildman–Crippen MR) is 81.9 cm³/mol. The van der Waals surface area contributed by atoms with E-state index >= 15 is 0 Å². The summed E-state index contributed by atoms with van der Waals surface area (Å²) in [6.07, 6.45) is 0.808. The maximum absolute atomic E-state index is 12.2. The summed E-state index contributed by atoms with van der Waals surface area (Å²) >= 11 is 0. The number of fused-ring (bicyclic) bond motifs is 1. The molecule has 0 saturated heterocycles. The van der Waals surface area contributed by atoms with E-state index in [0.717, 1.165) is 23.2 Å². The largest absolute Gasteiger partial charge is 0.384 e. The van der Waals surface area contributed by atoms with Crippen LogP contribution in [0.15, 0.2) is 48.5 Å². The fourth-order valence-corrected chi connectivity index (χ4v) is 2.50. The summed E-state index contributed by atoms with van der Waals surface area (Å²) in [4.78, 5) is 12.2. The zero-order valence-electron chi connectivity index (χ0n) is 11.5. The number of aliphatic hydroxyl groups excluding tert-OH is 1. The number of benzene rings is 2. The van der Waals surface area contributed by atoms with Crippen molar-refractivity contribution in [3.05, 3.63) is 65.2 Å². The van der Waals surface area contributed by atoms with E-state index in [1.807, 2.05) is 42.5 Å². The molecule has 3 nitrogen and oxygen atoms in total. The Morgan fingerprint density at radius 3 is 2.67 bits per heavy atom. The van der Waals surface area contributed by atoms with Crippen LogP contribution < -0.4 is 5.32 Å². The van der Waals surface area contributed by atoms with Crippen molar-refractivity contribution in [2.45, 2.75) is 12.3 Å². The summed E-state index contributed by atoms with van der Waals surface area (Å²) in [5.41, 5.74) is 3.96. The van der Waals surface area contributed by atoms with Crippen molar-refractivity contribution >= 4 is 11.6 Å². The first kappa shape index (κ1) is 13.4. The number of anilines is 1. The summed E-state index contributed by atoms with van der Waals surface area (Å²) in [5, 5.41) is 11.6. The summed E-state index contributed by atoms with van der Waals surface area (Å²) in [7, 11) is 0. The smallest absolute Gasteiger partial charge is 0.232 e. The first-order valence-electron chi connectivity index (χ1n) is 6.86. The summed E-state index contributed by atoms with van der Waals surface area (Å²) in [6.45, 7) is -0.153. The van der Waals surface area contributed by atoms with Gasteiger partial charge in [0.2, 0.25) is 5.91 Å². The van der Waals surface area contributed by atoms with E-state index < -0.39 is 0 Å². The molecule has 104 valence electrons. The molecule has 1 aliphatic rings. The minimum absolute atomic E-state index is 0.0305. The van der Waals surface area contributed by atoms with Crippen LogP contribution in [0.25, 0.3) is 0 Å². The van der Waals surface area contributed by atoms with Crippen molar-refractivity contribution in [2.24, 2.45) is 0 Å². The fourth-order valence-electron chi connectivity index (χ4n) is 2.50. The molecule has 0 radical (unpaired) electrons. The lowest BCUT2D eigenvalue weighted by Crippen LogP contribution is -2.30. The Bertz CT molecular complexity index is 723. The standard InChI is InChI=1S/C18H15NO2/c20-11-3-4-13-7-9-15(10-8-13)19-18(21)17-12-14-5-1-2-6-16(14)17/h1-2,5-10,17,20H,11-12H2,(H,19,21). The Labute approximate surface area is 123 Å². The topological polar surface area (TPSA) is 49.3 Å². The van der Waals surface area contributed by atoms with Gasteiger partial charge in [-0.15, -0.1) is 0 Å². The normalized spacial score (nSPS) is 15.2. The summed E-state index contributed by atoms with van der Waals surface area (Å²) in [5.74, 6) is 5.39. The first-order valence-corrected chi connectivity index (χ1v) is 6.86. The van der Waals surface area contributed by atoms with Gasteiger partial charge in [-0.3, -0.25) is 4.79 Å². The summed E-state index contributed by atoms with van der Waals surface area (Å²) in [6, 6.07) is 15.3. The Balaban J connectivity index is 1.66. The number of amides is 1. The molecule has 1 unspecified atom stereocenters. The lowest BCUT2D eigenvalue weighted by molar-refractivity contribution is -0.118. The molecule has 2 aromatic rings. The second-order valence-corrected chi connectivity index (χ2v) is 4.98. The average molecular weight is 277 g/mol. The van der Waals surface area contributed by atoms with Crippen LogP contribution in [0.4, 0.5) is 5.69 Å². The van der Waals surface area contributed by atoms with E-state index in [9.17, 15) is 4.79 Å². The number of carbonyl (C=O) groups is 1. The molecule has 0 heterocycles. The van der Waals surface area contributed by atoms with Crippen molar-refractivity contribution in [3.8, 4) is 11.8 Å². The molecule has 0 aliphatic heterocycles. The SMILES string of the molecule is O=C(Nc1ccc(C#CCO)cc1)C1Cc2ccccc21. The molecule has 21 heavy (non-hydrogen) atoms. The lowest BCUT2D eigenvalue weighted by Gasteiger charge is -2.28. The molecule has 0 bridgehead atoms.